The number of benzene rings is 2. The summed E-state index contributed by atoms with van der Waals surface area (Å²) in [4.78, 5) is 25.4. The minimum absolute atomic E-state index is 0.0541. The molecule has 0 radical (unpaired) electrons. The summed E-state index contributed by atoms with van der Waals surface area (Å²) < 4.78 is 0. The Kier molecular flexibility index (Phi) is 5.03. The molecule has 5 heteroatoms. The van der Waals surface area contributed by atoms with Crippen LogP contribution in [-0.2, 0) is 11.2 Å². The van der Waals surface area contributed by atoms with E-state index in [9.17, 15) is 14.7 Å². The van der Waals surface area contributed by atoms with E-state index in [0.717, 1.165) is 11.1 Å². The lowest BCUT2D eigenvalue weighted by Gasteiger charge is -2.30. The van der Waals surface area contributed by atoms with Crippen LogP contribution in [0.4, 0.5) is 0 Å². The molecule has 1 amide bonds. The number of likely N-dealkylation sites (tertiary alicyclic amines) is 1. The Morgan fingerprint density at radius 2 is 1.64 bits per heavy atom. The first-order valence-electron chi connectivity index (χ1n) is 8.42. The third-order valence-corrected chi connectivity index (χ3v) is 4.62. The molecule has 0 unspecified atom stereocenters. The van der Waals surface area contributed by atoms with E-state index in [4.69, 9.17) is 5.11 Å². The molecule has 25 heavy (non-hydrogen) atoms. The highest BCUT2D eigenvalue weighted by Crippen LogP contribution is 2.21. The van der Waals surface area contributed by atoms with Gasteiger partial charge >= 0.3 is 5.97 Å². The molecule has 0 spiro atoms. The first-order valence-corrected chi connectivity index (χ1v) is 8.42. The third kappa shape index (κ3) is 4.18. The van der Waals surface area contributed by atoms with Gasteiger partial charge in [0.05, 0.1) is 5.92 Å². The number of hydrogen-bond acceptors (Lipinski definition) is 3. The van der Waals surface area contributed by atoms with E-state index < -0.39 is 5.97 Å². The van der Waals surface area contributed by atoms with Crippen LogP contribution in [0, 0.1) is 5.92 Å². The molecule has 1 fully saturated rings. The van der Waals surface area contributed by atoms with Crippen LogP contribution in [0.1, 0.15) is 34.3 Å². The van der Waals surface area contributed by atoms with Crippen LogP contribution in [0.3, 0.4) is 0 Å². The molecule has 0 aliphatic carbocycles. The maximum Gasteiger partial charge on any atom is 0.306 e. The summed E-state index contributed by atoms with van der Waals surface area (Å²) in [5.74, 6) is -0.950. The largest absolute Gasteiger partial charge is 0.508 e. The third-order valence-electron chi connectivity index (χ3n) is 4.62. The van der Waals surface area contributed by atoms with Gasteiger partial charge in [-0.05, 0) is 54.7 Å². The van der Waals surface area contributed by atoms with Crippen LogP contribution in [0.5, 0.6) is 5.75 Å². The Labute approximate surface area is 146 Å². The molecule has 2 aromatic rings. The van der Waals surface area contributed by atoms with E-state index in [0.29, 0.717) is 37.9 Å². The van der Waals surface area contributed by atoms with Crippen molar-refractivity contribution in [3.63, 3.8) is 0 Å². The van der Waals surface area contributed by atoms with Crippen molar-refractivity contribution in [2.45, 2.75) is 19.3 Å². The van der Waals surface area contributed by atoms with Crippen LogP contribution < -0.4 is 0 Å². The van der Waals surface area contributed by atoms with Crippen LogP contribution in [-0.4, -0.2) is 40.1 Å². The standard InChI is InChI=1S/C20H21NO4/c22-18-6-2-4-15(13-18)11-14-3-1-5-17(12-14)19(23)21-9-7-16(8-10-21)20(24)25/h1-6,12-13,16,22H,7-11H2,(H,24,25). The molecule has 5 nitrogen and oxygen atoms in total. The fraction of sp³-hybridized carbons (Fsp3) is 0.300. The van der Waals surface area contributed by atoms with Gasteiger partial charge in [0.15, 0.2) is 0 Å². The van der Waals surface area contributed by atoms with Crippen molar-refractivity contribution in [2.24, 2.45) is 5.92 Å². The predicted octanol–water partition coefficient (Wildman–Crippen LogP) is 2.92. The molecular formula is C20H21NO4. The molecule has 1 heterocycles. The number of rotatable bonds is 4. The fourth-order valence-electron chi connectivity index (χ4n) is 3.23. The van der Waals surface area contributed by atoms with Crippen LogP contribution in [0.2, 0.25) is 0 Å². The van der Waals surface area contributed by atoms with Gasteiger partial charge in [0, 0.05) is 18.7 Å². The van der Waals surface area contributed by atoms with Crippen molar-refractivity contribution >= 4 is 11.9 Å². The second kappa shape index (κ2) is 7.38. The molecule has 3 rings (SSSR count). The highest BCUT2D eigenvalue weighted by Gasteiger charge is 2.27. The van der Waals surface area contributed by atoms with Gasteiger partial charge in [0.25, 0.3) is 5.91 Å². The number of carboxylic acid groups (broad SMARTS) is 1. The topological polar surface area (TPSA) is 77.8 Å². The molecular weight excluding hydrogens is 318 g/mol. The fourth-order valence-corrected chi connectivity index (χ4v) is 3.23. The van der Waals surface area contributed by atoms with Gasteiger partial charge in [-0.3, -0.25) is 9.59 Å². The van der Waals surface area contributed by atoms with E-state index in [1.165, 1.54) is 0 Å². The number of aromatic hydroxyl groups is 1. The number of phenols is 1. The van der Waals surface area contributed by atoms with E-state index in [-0.39, 0.29) is 17.6 Å². The first kappa shape index (κ1) is 17.0. The van der Waals surface area contributed by atoms with Crippen molar-refractivity contribution in [1.82, 2.24) is 4.90 Å². The lowest BCUT2D eigenvalue weighted by Crippen LogP contribution is -2.40. The number of amides is 1. The summed E-state index contributed by atoms with van der Waals surface area (Å²) in [6.07, 6.45) is 1.64. The van der Waals surface area contributed by atoms with Crippen LogP contribution >= 0.6 is 0 Å². The molecule has 0 atom stereocenters. The predicted molar refractivity (Wildman–Crippen MR) is 93.6 cm³/mol. The molecule has 0 bridgehead atoms. The lowest BCUT2D eigenvalue weighted by molar-refractivity contribution is -0.143. The summed E-state index contributed by atoms with van der Waals surface area (Å²) in [7, 11) is 0. The van der Waals surface area contributed by atoms with Crippen molar-refractivity contribution in [1.29, 1.82) is 0 Å². The average Bonchev–Trinajstić information content (AvgIpc) is 2.61. The number of carbonyl (C=O) groups is 2. The van der Waals surface area contributed by atoms with E-state index in [2.05, 4.69) is 0 Å². The summed E-state index contributed by atoms with van der Waals surface area (Å²) in [6.45, 7) is 0.958. The Morgan fingerprint density at radius 3 is 2.28 bits per heavy atom. The van der Waals surface area contributed by atoms with Gasteiger partial charge in [0.2, 0.25) is 0 Å². The molecule has 1 saturated heterocycles. The number of hydrogen-bond donors (Lipinski definition) is 2. The summed E-state index contributed by atoms with van der Waals surface area (Å²) in [5, 5.41) is 18.6. The highest BCUT2D eigenvalue weighted by atomic mass is 16.4. The van der Waals surface area contributed by atoms with Gasteiger partial charge < -0.3 is 15.1 Å². The lowest BCUT2D eigenvalue weighted by atomic mass is 9.96. The second-order valence-corrected chi connectivity index (χ2v) is 6.45. The smallest absolute Gasteiger partial charge is 0.306 e. The molecule has 130 valence electrons. The van der Waals surface area contributed by atoms with Gasteiger partial charge in [-0.2, -0.15) is 0 Å². The zero-order valence-electron chi connectivity index (χ0n) is 13.9. The Hall–Kier alpha value is -2.82. The maximum atomic E-state index is 12.7. The molecule has 1 aliphatic heterocycles. The summed E-state index contributed by atoms with van der Waals surface area (Å²) >= 11 is 0. The van der Waals surface area contributed by atoms with Crippen LogP contribution in [0.15, 0.2) is 48.5 Å². The van der Waals surface area contributed by atoms with Crippen molar-refractivity contribution in [3.8, 4) is 5.75 Å². The zero-order valence-corrected chi connectivity index (χ0v) is 13.9. The minimum atomic E-state index is -0.778. The molecule has 2 aromatic carbocycles. The number of nitrogens with zero attached hydrogens (tertiary/aromatic N) is 1. The number of carbonyl (C=O) groups excluding carboxylic acids is 1. The van der Waals surface area contributed by atoms with Crippen molar-refractivity contribution in [2.75, 3.05) is 13.1 Å². The summed E-state index contributed by atoms with van der Waals surface area (Å²) in [6, 6.07) is 14.5. The molecule has 1 aliphatic rings. The molecule has 0 saturated carbocycles. The van der Waals surface area contributed by atoms with Crippen LogP contribution in [0.25, 0.3) is 0 Å². The quantitative estimate of drug-likeness (QED) is 0.898. The van der Waals surface area contributed by atoms with E-state index in [1.807, 2.05) is 24.3 Å². The molecule has 2 N–H and O–H groups in total. The Bertz CT molecular complexity index is 779. The van der Waals surface area contributed by atoms with E-state index in [1.54, 1.807) is 29.2 Å². The normalized spacial score (nSPS) is 15.1. The Morgan fingerprint density at radius 1 is 1.00 bits per heavy atom. The van der Waals surface area contributed by atoms with Crippen molar-refractivity contribution in [3.05, 3.63) is 65.2 Å². The van der Waals surface area contributed by atoms with Gasteiger partial charge in [0.1, 0.15) is 5.75 Å². The minimum Gasteiger partial charge on any atom is -0.508 e. The Balaban J connectivity index is 1.69. The van der Waals surface area contributed by atoms with Gasteiger partial charge in [-0.25, -0.2) is 0 Å². The first-order chi connectivity index (χ1) is 12.0. The molecule has 0 aromatic heterocycles. The monoisotopic (exact) mass is 339 g/mol. The zero-order chi connectivity index (χ0) is 17.8. The highest BCUT2D eigenvalue weighted by molar-refractivity contribution is 5.94. The summed E-state index contributed by atoms with van der Waals surface area (Å²) in [5.41, 5.74) is 2.59. The van der Waals surface area contributed by atoms with E-state index >= 15 is 0 Å². The number of phenolic OH excluding ortho intramolecular Hbond substituents is 1. The van der Waals surface area contributed by atoms with Gasteiger partial charge in [-0.15, -0.1) is 0 Å². The SMILES string of the molecule is O=C(O)C1CCN(C(=O)c2cccc(Cc3cccc(O)c3)c2)CC1. The number of aliphatic carboxylic acids is 1. The van der Waals surface area contributed by atoms with Crippen molar-refractivity contribution < 1.29 is 19.8 Å². The van der Waals surface area contributed by atoms with Gasteiger partial charge in [-0.1, -0.05) is 24.3 Å². The maximum absolute atomic E-state index is 12.7. The second-order valence-electron chi connectivity index (χ2n) is 6.45. The number of piperidine rings is 1. The number of carboxylic acids is 1. The average molecular weight is 339 g/mol.